The molecule has 104 valence electrons. The zero-order valence-corrected chi connectivity index (χ0v) is 11.7. The van der Waals surface area contributed by atoms with Crippen molar-refractivity contribution >= 4 is 11.2 Å². The largest absolute Gasteiger partial charge is 0.336 e. The van der Waals surface area contributed by atoms with E-state index in [1.54, 1.807) is 4.57 Å². The second kappa shape index (κ2) is 5.42. The topological polar surface area (TPSA) is 72.7 Å². The third-order valence-corrected chi connectivity index (χ3v) is 3.14. The van der Waals surface area contributed by atoms with Crippen LogP contribution in [0, 0.1) is 0 Å². The van der Waals surface area contributed by atoms with Crippen LogP contribution in [-0.4, -0.2) is 19.1 Å². The number of aryl methyl sites for hydroxylation is 2. The molecule has 0 aromatic carbocycles. The summed E-state index contributed by atoms with van der Waals surface area (Å²) in [6.07, 6.45) is 2.29. The summed E-state index contributed by atoms with van der Waals surface area (Å²) >= 11 is 0. The summed E-state index contributed by atoms with van der Waals surface area (Å²) in [5, 5.41) is 0. The standard InChI is InChI=1S/C13H20N4O2/c1-4-7-16-11-10(14-9(6-3)15-11)12(18)17(8-5-2)13(16)19/h4-8H2,1-3H3,(H,14,15). The van der Waals surface area contributed by atoms with Gasteiger partial charge in [-0.2, -0.15) is 0 Å². The van der Waals surface area contributed by atoms with Crippen LogP contribution in [0.15, 0.2) is 9.59 Å². The molecule has 6 nitrogen and oxygen atoms in total. The number of hydrogen-bond acceptors (Lipinski definition) is 3. The van der Waals surface area contributed by atoms with Crippen molar-refractivity contribution in [3.05, 3.63) is 26.7 Å². The van der Waals surface area contributed by atoms with Gasteiger partial charge in [0.1, 0.15) is 11.3 Å². The van der Waals surface area contributed by atoms with Gasteiger partial charge in [0, 0.05) is 19.5 Å². The van der Waals surface area contributed by atoms with Crippen molar-refractivity contribution in [1.29, 1.82) is 0 Å². The highest BCUT2D eigenvalue weighted by Crippen LogP contribution is 2.06. The van der Waals surface area contributed by atoms with Crippen LogP contribution < -0.4 is 11.2 Å². The molecule has 2 aromatic rings. The minimum atomic E-state index is -0.263. The molecule has 0 amide bonds. The van der Waals surface area contributed by atoms with E-state index in [1.807, 2.05) is 20.8 Å². The average Bonchev–Trinajstić information content (AvgIpc) is 2.84. The first kappa shape index (κ1) is 13.6. The van der Waals surface area contributed by atoms with Gasteiger partial charge in [0.2, 0.25) is 0 Å². The van der Waals surface area contributed by atoms with E-state index in [9.17, 15) is 9.59 Å². The molecule has 0 radical (unpaired) electrons. The molecular weight excluding hydrogens is 244 g/mol. The predicted molar refractivity (Wildman–Crippen MR) is 74.6 cm³/mol. The Hall–Kier alpha value is -1.85. The Morgan fingerprint density at radius 2 is 1.68 bits per heavy atom. The fourth-order valence-corrected chi connectivity index (χ4v) is 2.23. The zero-order valence-electron chi connectivity index (χ0n) is 11.7. The first-order valence-electron chi connectivity index (χ1n) is 6.86. The Bertz CT molecular complexity index is 693. The highest BCUT2D eigenvalue weighted by molar-refractivity contribution is 5.69. The predicted octanol–water partition coefficient (Wildman–Crippen LogP) is 1.27. The molecule has 2 heterocycles. The summed E-state index contributed by atoms with van der Waals surface area (Å²) < 4.78 is 2.90. The van der Waals surface area contributed by atoms with Crippen LogP contribution in [0.1, 0.15) is 39.4 Å². The third-order valence-electron chi connectivity index (χ3n) is 3.14. The van der Waals surface area contributed by atoms with Gasteiger partial charge in [0.15, 0.2) is 5.65 Å². The Kier molecular flexibility index (Phi) is 3.87. The van der Waals surface area contributed by atoms with Gasteiger partial charge in [-0.15, -0.1) is 0 Å². The van der Waals surface area contributed by atoms with Gasteiger partial charge in [0.05, 0.1) is 0 Å². The van der Waals surface area contributed by atoms with Crippen molar-refractivity contribution in [3.8, 4) is 0 Å². The van der Waals surface area contributed by atoms with E-state index in [0.717, 1.165) is 18.7 Å². The second-order valence-corrected chi connectivity index (χ2v) is 4.63. The minimum absolute atomic E-state index is 0.254. The quantitative estimate of drug-likeness (QED) is 0.883. The summed E-state index contributed by atoms with van der Waals surface area (Å²) in [4.78, 5) is 32.1. The molecule has 0 bridgehead atoms. The Morgan fingerprint density at radius 1 is 1.05 bits per heavy atom. The molecule has 2 aromatic heterocycles. The van der Waals surface area contributed by atoms with Crippen LogP contribution in [0.2, 0.25) is 0 Å². The molecule has 0 aliphatic rings. The fourth-order valence-electron chi connectivity index (χ4n) is 2.23. The maximum Gasteiger partial charge on any atom is 0.332 e. The molecule has 0 saturated carbocycles. The van der Waals surface area contributed by atoms with Crippen molar-refractivity contribution in [3.63, 3.8) is 0 Å². The number of rotatable bonds is 5. The number of nitrogens with zero attached hydrogens (tertiary/aromatic N) is 3. The number of aromatic amines is 1. The normalized spacial score (nSPS) is 11.3. The van der Waals surface area contributed by atoms with Gasteiger partial charge < -0.3 is 4.98 Å². The molecule has 0 spiro atoms. The summed E-state index contributed by atoms with van der Waals surface area (Å²) in [5.74, 6) is 0.741. The minimum Gasteiger partial charge on any atom is -0.336 e. The van der Waals surface area contributed by atoms with Crippen molar-refractivity contribution in [1.82, 2.24) is 19.1 Å². The number of imidazole rings is 1. The van der Waals surface area contributed by atoms with E-state index < -0.39 is 0 Å². The summed E-state index contributed by atoms with van der Waals surface area (Å²) in [6.45, 7) is 6.93. The van der Waals surface area contributed by atoms with E-state index in [4.69, 9.17) is 0 Å². The van der Waals surface area contributed by atoms with Crippen LogP contribution in [0.25, 0.3) is 11.2 Å². The highest BCUT2D eigenvalue weighted by Gasteiger charge is 2.15. The van der Waals surface area contributed by atoms with Gasteiger partial charge in [-0.25, -0.2) is 9.78 Å². The molecule has 0 saturated heterocycles. The zero-order chi connectivity index (χ0) is 14.0. The molecule has 0 fully saturated rings. The number of nitrogens with one attached hydrogen (secondary N) is 1. The van der Waals surface area contributed by atoms with Gasteiger partial charge in [-0.1, -0.05) is 20.8 Å². The monoisotopic (exact) mass is 264 g/mol. The number of aromatic nitrogens is 4. The van der Waals surface area contributed by atoms with Crippen molar-refractivity contribution in [2.75, 3.05) is 0 Å². The molecule has 1 N–H and O–H groups in total. The SMILES string of the molecule is CCCn1c(=O)c2[nH]c(CC)nc2n(CCC)c1=O. The maximum atomic E-state index is 12.4. The fraction of sp³-hybridized carbons (Fsp3) is 0.615. The highest BCUT2D eigenvalue weighted by atomic mass is 16.2. The van der Waals surface area contributed by atoms with Gasteiger partial charge in [0.25, 0.3) is 5.56 Å². The summed E-state index contributed by atoms with van der Waals surface area (Å²) in [5.41, 5.74) is 0.413. The third kappa shape index (κ3) is 2.22. The number of fused-ring (bicyclic) bond motifs is 1. The lowest BCUT2D eigenvalue weighted by Crippen LogP contribution is -2.40. The van der Waals surface area contributed by atoms with Crippen LogP contribution in [0.5, 0.6) is 0 Å². The molecular formula is C13H20N4O2. The van der Waals surface area contributed by atoms with E-state index >= 15 is 0 Å². The lowest BCUT2D eigenvalue weighted by molar-refractivity contribution is 0.555. The Morgan fingerprint density at radius 3 is 2.26 bits per heavy atom. The number of H-pyrrole nitrogens is 1. The second-order valence-electron chi connectivity index (χ2n) is 4.63. The van der Waals surface area contributed by atoms with Gasteiger partial charge in [-0.3, -0.25) is 13.9 Å². The van der Waals surface area contributed by atoms with E-state index in [-0.39, 0.29) is 11.2 Å². The van der Waals surface area contributed by atoms with Gasteiger partial charge >= 0.3 is 5.69 Å². The van der Waals surface area contributed by atoms with E-state index in [0.29, 0.717) is 30.7 Å². The Balaban J connectivity index is 2.84. The first-order valence-corrected chi connectivity index (χ1v) is 6.86. The van der Waals surface area contributed by atoms with Crippen molar-refractivity contribution in [2.24, 2.45) is 0 Å². The molecule has 0 aliphatic heterocycles. The van der Waals surface area contributed by atoms with E-state index in [2.05, 4.69) is 9.97 Å². The summed E-state index contributed by atoms with van der Waals surface area (Å²) in [6, 6.07) is 0. The first-order chi connectivity index (χ1) is 9.13. The molecule has 0 atom stereocenters. The number of hydrogen-bond donors (Lipinski definition) is 1. The molecule has 19 heavy (non-hydrogen) atoms. The van der Waals surface area contributed by atoms with Crippen LogP contribution in [-0.2, 0) is 19.5 Å². The average molecular weight is 264 g/mol. The lowest BCUT2D eigenvalue weighted by atomic mass is 10.4. The molecule has 6 heteroatoms. The van der Waals surface area contributed by atoms with Crippen LogP contribution >= 0.6 is 0 Å². The summed E-state index contributed by atoms with van der Waals surface area (Å²) in [7, 11) is 0. The molecule has 0 unspecified atom stereocenters. The molecule has 2 rings (SSSR count). The van der Waals surface area contributed by atoms with Crippen molar-refractivity contribution < 1.29 is 0 Å². The molecule has 0 aliphatic carbocycles. The van der Waals surface area contributed by atoms with Gasteiger partial charge in [-0.05, 0) is 12.8 Å². The van der Waals surface area contributed by atoms with Crippen molar-refractivity contribution in [2.45, 2.75) is 53.1 Å². The van der Waals surface area contributed by atoms with Crippen LogP contribution in [0.4, 0.5) is 0 Å². The Labute approximate surface area is 111 Å². The van der Waals surface area contributed by atoms with E-state index in [1.165, 1.54) is 4.57 Å². The smallest absolute Gasteiger partial charge is 0.332 e. The maximum absolute atomic E-state index is 12.4. The lowest BCUT2D eigenvalue weighted by Gasteiger charge is -2.09. The van der Waals surface area contributed by atoms with Crippen LogP contribution in [0.3, 0.4) is 0 Å².